The molecule has 0 N–H and O–H groups in total. The second-order valence-corrected chi connectivity index (χ2v) is 4.21. The maximum atomic E-state index is 12.9. The summed E-state index contributed by atoms with van der Waals surface area (Å²) in [6.07, 6.45) is -3.76. The van der Waals surface area contributed by atoms with Gasteiger partial charge in [-0.15, -0.1) is 0 Å². The van der Waals surface area contributed by atoms with Gasteiger partial charge in [-0.2, -0.15) is 13.2 Å². The molecule has 0 aromatic carbocycles. The minimum Gasteiger partial charge on any atom is -0.490 e. The first kappa shape index (κ1) is 16.2. The monoisotopic (exact) mass is 292 g/mol. The van der Waals surface area contributed by atoms with Crippen LogP contribution in [0.2, 0.25) is 0 Å². The Labute approximate surface area is 114 Å². The number of halogens is 3. The zero-order valence-electron chi connectivity index (χ0n) is 11.3. The van der Waals surface area contributed by atoms with Gasteiger partial charge in [-0.1, -0.05) is 0 Å². The maximum Gasteiger partial charge on any atom is 0.420 e. The number of hydrogen-bond donors (Lipinski definition) is 0. The fraction of sp³-hybridized carbons (Fsp3) is 0.500. The van der Waals surface area contributed by atoms with E-state index in [4.69, 9.17) is 4.74 Å². The highest BCUT2D eigenvalue weighted by atomic mass is 19.4. The Bertz CT molecular complexity index is 476. The molecule has 0 unspecified atom stereocenters. The first-order valence-corrected chi connectivity index (χ1v) is 5.68. The number of hydrogen-bond acceptors (Lipinski definition) is 5. The highest BCUT2D eigenvalue weighted by Crippen LogP contribution is 2.36. The summed E-state index contributed by atoms with van der Waals surface area (Å²) in [5, 5.41) is 0. The number of carbonyl (C=O) groups is 1. The van der Waals surface area contributed by atoms with Crippen LogP contribution in [0.5, 0.6) is 5.75 Å². The van der Waals surface area contributed by atoms with Crippen LogP contribution in [0.25, 0.3) is 0 Å². The van der Waals surface area contributed by atoms with Crippen LogP contribution in [0.1, 0.15) is 16.1 Å². The lowest BCUT2D eigenvalue weighted by Gasteiger charge is -2.15. The van der Waals surface area contributed by atoms with E-state index >= 15 is 0 Å². The topological polar surface area (TPSA) is 51.7 Å². The van der Waals surface area contributed by atoms with Gasteiger partial charge in [-0.25, -0.2) is 9.78 Å². The summed E-state index contributed by atoms with van der Waals surface area (Å²) in [5.41, 5.74) is -1.47. The molecule has 1 aromatic heterocycles. The maximum absolute atomic E-state index is 12.9. The van der Waals surface area contributed by atoms with Crippen molar-refractivity contribution in [1.82, 2.24) is 9.88 Å². The summed E-state index contributed by atoms with van der Waals surface area (Å²) in [7, 11) is 4.61. The Kier molecular flexibility index (Phi) is 5.32. The van der Waals surface area contributed by atoms with Crippen LogP contribution in [0.3, 0.4) is 0 Å². The molecule has 112 valence electrons. The number of ether oxygens (including phenoxy) is 2. The molecule has 0 aliphatic carbocycles. The largest absolute Gasteiger partial charge is 0.490 e. The highest BCUT2D eigenvalue weighted by molar-refractivity contribution is 5.87. The third-order valence-electron chi connectivity index (χ3n) is 2.36. The van der Waals surface area contributed by atoms with Gasteiger partial charge in [0, 0.05) is 6.54 Å². The van der Waals surface area contributed by atoms with Gasteiger partial charge in [-0.05, 0) is 20.2 Å². The second kappa shape index (κ2) is 6.56. The number of alkyl halides is 3. The fourth-order valence-corrected chi connectivity index (χ4v) is 1.33. The van der Waals surface area contributed by atoms with Crippen molar-refractivity contribution in [1.29, 1.82) is 0 Å². The number of nitrogens with zero attached hydrogens (tertiary/aromatic N) is 2. The lowest BCUT2D eigenvalue weighted by molar-refractivity contribution is -0.139. The van der Waals surface area contributed by atoms with Crippen molar-refractivity contribution in [2.75, 3.05) is 34.4 Å². The molecule has 0 atom stereocenters. The zero-order chi connectivity index (χ0) is 15.3. The number of aromatic nitrogens is 1. The predicted molar refractivity (Wildman–Crippen MR) is 64.6 cm³/mol. The van der Waals surface area contributed by atoms with E-state index in [-0.39, 0.29) is 6.61 Å². The lowest BCUT2D eigenvalue weighted by atomic mass is 10.2. The second-order valence-electron chi connectivity index (χ2n) is 4.21. The molecule has 0 aliphatic rings. The molecule has 0 aliphatic heterocycles. The number of carbonyl (C=O) groups excluding carboxylic acids is 1. The summed E-state index contributed by atoms with van der Waals surface area (Å²) in [4.78, 5) is 16.6. The molecule has 5 nitrogen and oxygen atoms in total. The number of rotatable bonds is 5. The van der Waals surface area contributed by atoms with E-state index in [1.807, 2.05) is 0 Å². The van der Waals surface area contributed by atoms with E-state index in [2.05, 4.69) is 9.72 Å². The SMILES string of the molecule is COC(=O)c1cc(C(F)(F)F)c(OCCN(C)C)cn1. The highest BCUT2D eigenvalue weighted by Gasteiger charge is 2.35. The van der Waals surface area contributed by atoms with Crippen molar-refractivity contribution in [2.24, 2.45) is 0 Å². The minimum absolute atomic E-state index is 0.0787. The normalized spacial score (nSPS) is 11.6. The predicted octanol–water partition coefficient (Wildman–Crippen LogP) is 1.83. The Morgan fingerprint density at radius 1 is 1.40 bits per heavy atom. The van der Waals surface area contributed by atoms with E-state index in [0.29, 0.717) is 12.6 Å². The van der Waals surface area contributed by atoms with E-state index in [9.17, 15) is 18.0 Å². The summed E-state index contributed by atoms with van der Waals surface area (Å²) in [5.74, 6) is -1.35. The molecular weight excluding hydrogens is 277 g/mol. The Balaban J connectivity index is 3.02. The molecule has 0 radical (unpaired) electrons. The Morgan fingerprint density at radius 2 is 2.05 bits per heavy atom. The molecule has 20 heavy (non-hydrogen) atoms. The first-order valence-electron chi connectivity index (χ1n) is 5.68. The molecule has 0 spiro atoms. The van der Waals surface area contributed by atoms with Gasteiger partial charge in [0.15, 0.2) is 0 Å². The van der Waals surface area contributed by atoms with Crippen molar-refractivity contribution in [3.05, 3.63) is 23.5 Å². The molecule has 0 fully saturated rings. The summed E-state index contributed by atoms with van der Waals surface area (Å²) < 4.78 is 48.1. The van der Waals surface area contributed by atoms with Crippen molar-refractivity contribution in [2.45, 2.75) is 6.18 Å². The van der Waals surface area contributed by atoms with Crippen molar-refractivity contribution < 1.29 is 27.4 Å². The van der Waals surface area contributed by atoms with Gasteiger partial charge in [-0.3, -0.25) is 0 Å². The van der Waals surface area contributed by atoms with Crippen LogP contribution in [-0.2, 0) is 10.9 Å². The molecule has 1 aromatic rings. The van der Waals surface area contributed by atoms with Gasteiger partial charge >= 0.3 is 12.1 Å². The Morgan fingerprint density at radius 3 is 2.55 bits per heavy atom. The lowest BCUT2D eigenvalue weighted by Crippen LogP contribution is -2.21. The van der Waals surface area contributed by atoms with Crippen molar-refractivity contribution in [3.63, 3.8) is 0 Å². The molecule has 1 rings (SSSR count). The van der Waals surface area contributed by atoms with Crippen LogP contribution >= 0.6 is 0 Å². The van der Waals surface area contributed by atoms with Crippen molar-refractivity contribution >= 4 is 5.97 Å². The van der Waals surface area contributed by atoms with Crippen LogP contribution in [-0.4, -0.2) is 50.2 Å². The summed E-state index contributed by atoms with van der Waals surface area (Å²) in [6, 6.07) is 0.622. The standard InChI is InChI=1S/C12H15F3N2O3/c1-17(2)4-5-20-10-7-16-9(11(18)19-3)6-8(10)12(13,14)15/h6-7H,4-5H2,1-3H3. The molecule has 0 saturated carbocycles. The summed E-state index contributed by atoms with van der Waals surface area (Å²) >= 11 is 0. The van der Waals surface area contributed by atoms with Crippen LogP contribution < -0.4 is 4.74 Å². The molecule has 1 heterocycles. The molecular formula is C12H15F3N2O3. The minimum atomic E-state index is -4.64. The number of methoxy groups -OCH3 is 1. The van der Waals surface area contributed by atoms with Crippen LogP contribution in [0, 0.1) is 0 Å². The van der Waals surface area contributed by atoms with E-state index in [1.165, 1.54) is 0 Å². The summed E-state index contributed by atoms with van der Waals surface area (Å²) in [6.45, 7) is 0.533. The van der Waals surface area contributed by atoms with E-state index < -0.39 is 29.2 Å². The van der Waals surface area contributed by atoms with Crippen LogP contribution in [0.15, 0.2) is 12.3 Å². The quantitative estimate of drug-likeness (QED) is 0.775. The third-order valence-corrected chi connectivity index (χ3v) is 2.36. The molecule has 0 amide bonds. The van der Waals surface area contributed by atoms with Gasteiger partial charge in [0.1, 0.15) is 23.6 Å². The van der Waals surface area contributed by atoms with E-state index in [0.717, 1.165) is 13.3 Å². The first-order chi connectivity index (χ1) is 9.25. The smallest absolute Gasteiger partial charge is 0.420 e. The molecule has 8 heteroatoms. The van der Waals surface area contributed by atoms with Crippen LogP contribution in [0.4, 0.5) is 13.2 Å². The van der Waals surface area contributed by atoms with E-state index in [1.54, 1.807) is 19.0 Å². The zero-order valence-corrected chi connectivity index (χ0v) is 11.3. The van der Waals surface area contributed by atoms with Gasteiger partial charge in [0.25, 0.3) is 0 Å². The van der Waals surface area contributed by atoms with Crippen molar-refractivity contribution in [3.8, 4) is 5.75 Å². The van der Waals surface area contributed by atoms with Gasteiger partial charge in [0.05, 0.1) is 13.3 Å². The number of esters is 1. The fourth-order valence-electron chi connectivity index (χ4n) is 1.33. The average Bonchev–Trinajstić information content (AvgIpc) is 2.36. The average molecular weight is 292 g/mol. The molecule has 0 saturated heterocycles. The third kappa shape index (κ3) is 4.37. The Hall–Kier alpha value is -1.83. The van der Waals surface area contributed by atoms with Gasteiger partial charge in [0.2, 0.25) is 0 Å². The number of likely N-dealkylation sites (N-methyl/N-ethyl adjacent to an activating group) is 1. The van der Waals surface area contributed by atoms with Gasteiger partial charge < -0.3 is 14.4 Å². The number of pyridine rings is 1. The molecule has 0 bridgehead atoms.